The first-order valence-electron chi connectivity index (χ1n) is 7.93. The molecule has 126 valence electrons. The molecular formula is C18H20N2O3S. The third kappa shape index (κ3) is 3.94. The molecule has 2 N–H and O–H groups in total. The number of nitrogens with one attached hydrogen (secondary N) is 2. The fourth-order valence-corrected chi connectivity index (χ4v) is 4.12. The van der Waals surface area contributed by atoms with Crippen molar-refractivity contribution in [2.45, 2.75) is 23.8 Å². The number of carbonyl (C=O) groups excluding carboxylic acids is 1. The van der Waals surface area contributed by atoms with Crippen molar-refractivity contribution >= 4 is 15.9 Å². The lowest BCUT2D eigenvalue weighted by Crippen LogP contribution is -2.43. The number of hydrogen-bond donors (Lipinski definition) is 2. The molecule has 3 rings (SSSR count). The molecule has 2 aromatic carbocycles. The molecule has 1 aliphatic rings. The maximum absolute atomic E-state index is 12.1. The maximum atomic E-state index is 12.1. The van der Waals surface area contributed by atoms with Crippen molar-refractivity contribution in [3.05, 3.63) is 65.7 Å². The van der Waals surface area contributed by atoms with Crippen LogP contribution in [-0.2, 0) is 22.7 Å². The second kappa shape index (κ2) is 7.05. The van der Waals surface area contributed by atoms with Crippen LogP contribution in [0.4, 0.5) is 4.79 Å². The molecule has 0 saturated heterocycles. The first-order valence-corrected chi connectivity index (χ1v) is 9.59. The van der Waals surface area contributed by atoms with Crippen LogP contribution >= 0.6 is 0 Å². The molecule has 0 unspecified atom stereocenters. The van der Waals surface area contributed by atoms with Crippen LogP contribution in [0.5, 0.6) is 0 Å². The van der Waals surface area contributed by atoms with Crippen molar-refractivity contribution in [3.8, 4) is 0 Å². The molecule has 0 radical (unpaired) electrons. The van der Waals surface area contributed by atoms with Gasteiger partial charge in [0.2, 0.25) is 0 Å². The van der Waals surface area contributed by atoms with Crippen molar-refractivity contribution in [2.24, 2.45) is 0 Å². The Bertz CT molecular complexity index is 794. The number of rotatable bonds is 5. The summed E-state index contributed by atoms with van der Waals surface area (Å²) in [5, 5.41) is 5.54. The number of amides is 2. The Labute approximate surface area is 142 Å². The molecule has 0 atom stereocenters. The summed E-state index contributed by atoms with van der Waals surface area (Å²) in [7, 11) is -3.37. The molecule has 2 amide bonds. The predicted molar refractivity (Wildman–Crippen MR) is 92.7 cm³/mol. The molecular weight excluding hydrogens is 324 g/mol. The Hall–Kier alpha value is -2.34. The fraction of sp³-hybridized carbons (Fsp3) is 0.278. The van der Waals surface area contributed by atoms with E-state index >= 15 is 0 Å². The molecule has 0 aliphatic heterocycles. The van der Waals surface area contributed by atoms with Gasteiger partial charge in [0.05, 0.1) is 10.6 Å². The van der Waals surface area contributed by atoms with Gasteiger partial charge in [-0.05, 0) is 36.1 Å². The number of carbonyl (C=O) groups is 1. The number of sulfone groups is 1. The van der Waals surface area contributed by atoms with Gasteiger partial charge in [-0.3, -0.25) is 0 Å². The van der Waals surface area contributed by atoms with Crippen molar-refractivity contribution in [1.82, 2.24) is 10.6 Å². The van der Waals surface area contributed by atoms with Crippen molar-refractivity contribution < 1.29 is 13.2 Å². The van der Waals surface area contributed by atoms with Crippen LogP contribution in [0.1, 0.15) is 11.1 Å². The highest BCUT2D eigenvalue weighted by Gasteiger charge is 2.22. The van der Waals surface area contributed by atoms with Gasteiger partial charge in [-0.2, -0.15) is 0 Å². The molecule has 0 aromatic heterocycles. The molecule has 6 heteroatoms. The minimum atomic E-state index is -3.37. The van der Waals surface area contributed by atoms with Gasteiger partial charge in [0, 0.05) is 12.6 Å². The van der Waals surface area contributed by atoms with Crippen LogP contribution in [0.15, 0.2) is 59.5 Å². The standard InChI is InChI=1S/C18H20N2O3S/c21-18(20-16-12-14-6-4-5-7-15(14)13-16)19-10-11-24(22,23)17-8-2-1-3-9-17/h1-9,16H,10-13H2,(H2,19,20,21). The lowest BCUT2D eigenvalue weighted by Gasteiger charge is -2.13. The molecule has 0 spiro atoms. The van der Waals surface area contributed by atoms with E-state index in [1.54, 1.807) is 30.3 Å². The van der Waals surface area contributed by atoms with Crippen molar-refractivity contribution in [2.75, 3.05) is 12.3 Å². The molecule has 0 saturated carbocycles. The third-order valence-corrected chi connectivity index (χ3v) is 5.88. The highest BCUT2D eigenvalue weighted by Crippen LogP contribution is 2.21. The van der Waals surface area contributed by atoms with Crippen LogP contribution in [0, 0.1) is 0 Å². The van der Waals surface area contributed by atoms with E-state index in [1.165, 1.54) is 11.1 Å². The highest BCUT2D eigenvalue weighted by molar-refractivity contribution is 7.91. The Morgan fingerprint density at radius 2 is 1.54 bits per heavy atom. The summed E-state index contributed by atoms with van der Waals surface area (Å²) in [5.41, 5.74) is 2.52. The normalized spacial score (nSPS) is 14.2. The van der Waals surface area contributed by atoms with Gasteiger partial charge in [-0.15, -0.1) is 0 Å². The lowest BCUT2D eigenvalue weighted by atomic mass is 10.1. The van der Waals surface area contributed by atoms with E-state index in [0.29, 0.717) is 0 Å². The van der Waals surface area contributed by atoms with Crippen LogP contribution in [-0.4, -0.2) is 32.8 Å². The van der Waals surface area contributed by atoms with Crippen molar-refractivity contribution in [3.63, 3.8) is 0 Å². The zero-order chi connectivity index (χ0) is 17.0. The number of fused-ring (bicyclic) bond motifs is 1. The summed E-state index contributed by atoms with van der Waals surface area (Å²) in [4.78, 5) is 12.2. The maximum Gasteiger partial charge on any atom is 0.315 e. The van der Waals surface area contributed by atoms with Gasteiger partial charge < -0.3 is 10.6 Å². The van der Waals surface area contributed by atoms with Crippen LogP contribution in [0.2, 0.25) is 0 Å². The van der Waals surface area contributed by atoms with Gasteiger partial charge in [-0.25, -0.2) is 13.2 Å². The molecule has 24 heavy (non-hydrogen) atoms. The summed E-state index contributed by atoms with van der Waals surface area (Å²) in [6, 6.07) is 16.1. The minimum absolute atomic E-state index is 0.0631. The van der Waals surface area contributed by atoms with Crippen LogP contribution in [0.3, 0.4) is 0 Å². The molecule has 5 nitrogen and oxygen atoms in total. The van der Waals surface area contributed by atoms with Gasteiger partial charge in [0.25, 0.3) is 0 Å². The zero-order valence-corrected chi connectivity index (χ0v) is 14.1. The summed E-state index contributed by atoms with van der Waals surface area (Å²) in [6.07, 6.45) is 1.62. The molecule has 0 fully saturated rings. The van der Waals surface area contributed by atoms with Gasteiger partial charge in [-0.1, -0.05) is 42.5 Å². The summed E-state index contributed by atoms with van der Waals surface area (Å²) < 4.78 is 24.3. The second-order valence-electron chi connectivity index (χ2n) is 5.91. The number of urea groups is 1. The monoisotopic (exact) mass is 344 g/mol. The minimum Gasteiger partial charge on any atom is -0.337 e. The van der Waals surface area contributed by atoms with E-state index in [-0.39, 0.29) is 29.3 Å². The number of hydrogen-bond acceptors (Lipinski definition) is 3. The Kier molecular flexibility index (Phi) is 4.85. The predicted octanol–water partition coefficient (Wildman–Crippen LogP) is 1.93. The van der Waals surface area contributed by atoms with E-state index in [0.717, 1.165) is 12.8 Å². The number of benzene rings is 2. The first kappa shape index (κ1) is 16.5. The molecule has 0 bridgehead atoms. The van der Waals surface area contributed by atoms with Crippen LogP contribution in [0.25, 0.3) is 0 Å². The Morgan fingerprint density at radius 3 is 2.17 bits per heavy atom. The summed E-state index contributed by atoms with van der Waals surface area (Å²) >= 11 is 0. The van der Waals surface area contributed by atoms with E-state index in [9.17, 15) is 13.2 Å². The second-order valence-corrected chi connectivity index (χ2v) is 8.02. The van der Waals surface area contributed by atoms with Crippen LogP contribution < -0.4 is 10.6 Å². The van der Waals surface area contributed by atoms with Gasteiger partial charge in [0.1, 0.15) is 0 Å². The quantitative estimate of drug-likeness (QED) is 0.870. The van der Waals surface area contributed by atoms with Crippen molar-refractivity contribution in [1.29, 1.82) is 0 Å². The first-order chi connectivity index (χ1) is 11.5. The zero-order valence-electron chi connectivity index (χ0n) is 13.2. The molecule has 2 aromatic rings. The topological polar surface area (TPSA) is 75.3 Å². The average Bonchev–Trinajstić information content (AvgIpc) is 2.97. The van der Waals surface area contributed by atoms with E-state index < -0.39 is 9.84 Å². The average molecular weight is 344 g/mol. The molecule has 1 aliphatic carbocycles. The fourth-order valence-electron chi connectivity index (χ4n) is 2.94. The Balaban J connectivity index is 1.46. The third-order valence-electron chi connectivity index (χ3n) is 4.14. The summed E-state index contributed by atoms with van der Waals surface area (Å²) in [6.45, 7) is 0.0860. The van der Waals surface area contributed by atoms with Gasteiger partial charge in [0.15, 0.2) is 9.84 Å². The highest BCUT2D eigenvalue weighted by atomic mass is 32.2. The van der Waals surface area contributed by atoms with Gasteiger partial charge >= 0.3 is 6.03 Å². The molecule has 0 heterocycles. The Morgan fingerprint density at radius 1 is 0.958 bits per heavy atom. The lowest BCUT2D eigenvalue weighted by molar-refractivity contribution is 0.238. The smallest absolute Gasteiger partial charge is 0.315 e. The van der Waals surface area contributed by atoms with E-state index in [2.05, 4.69) is 22.8 Å². The van der Waals surface area contributed by atoms with E-state index in [1.807, 2.05) is 12.1 Å². The largest absolute Gasteiger partial charge is 0.337 e. The SMILES string of the molecule is O=C(NCCS(=O)(=O)c1ccccc1)NC1Cc2ccccc2C1. The summed E-state index contributed by atoms with van der Waals surface area (Å²) in [5.74, 6) is -0.116. The van der Waals surface area contributed by atoms with E-state index in [4.69, 9.17) is 0 Å².